The number of allylic oxidation sites excluding steroid dienone is 1. The van der Waals surface area contributed by atoms with Gasteiger partial charge in [-0.1, -0.05) is 48.5 Å². The zero-order chi connectivity index (χ0) is 13.0. The third-order valence-corrected chi connectivity index (χ3v) is 2.66. The van der Waals surface area contributed by atoms with Crippen molar-refractivity contribution in [2.75, 3.05) is 0 Å². The average molecular weight is 239 g/mol. The zero-order valence-corrected chi connectivity index (χ0v) is 10.0. The van der Waals surface area contributed by atoms with Gasteiger partial charge in [-0.3, -0.25) is 10.1 Å². The summed E-state index contributed by atoms with van der Waals surface area (Å²) < 4.78 is 0. The lowest BCUT2D eigenvalue weighted by Crippen LogP contribution is -1.92. The Balaban J connectivity index is 2.37. The van der Waals surface area contributed by atoms with Crippen molar-refractivity contribution in [3.63, 3.8) is 0 Å². The van der Waals surface area contributed by atoms with E-state index in [2.05, 4.69) is 0 Å². The van der Waals surface area contributed by atoms with Crippen molar-refractivity contribution in [1.82, 2.24) is 0 Å². The molecule has 0 saturated heterocycles. The fourth-order valence-electron chi connectivity index (χ4n) is 1.73. The van der Waals surface area contributed by atoms with Gasteiger partial charge in [0.15, 0.2) is 0 Å². The fraction of sp³-hybridized carbons (Fsp3) is 0.0667. The molecule has 3 heteroatoms. The van der Waals surface area contributed by atoms with E-state index in [1.54, 1.807) is 6.08 Å². The molecule has 2 aromatic rings. The molecule has 3 nitrogen and oxygen atoms in total. The minimum Gasteiger partial charge on any atom is -0.259 e. The van der Waals surface area contributed by atoms with E-state index in [1.165, 1.54) is 6.92 Å². The molecule has 0 radical (unpaired) electrons. The molecular formula is C15H13NO2. The second kappa shape index (κ2) is 5.27. The maximum absolute atomic E-state index is 10.6. The van der Waals surface area contributed by atoms with Crippen LogP contribution < -0.4 is 0 Å². The molecule has 0 aromatic heterocycles. The number of rotatable bonds is 3. The molecule has 0 spiro atoms. The third kappa shape index (κ3) is 2.83. The number of hydrogen-bond donors (Lipinski definition) is 0. The summed E-state index contributed by atoms with van der Waals surface area (Å²) in [5, 5.41) is 10.6. The van der Waals surface area contributed by atoms with Gasteiger partial charge in [-0.05, 0) is 22.8 Å². The minimum atomic E-state index is -0.380. The van der Waals surface area contributed by atoms with Gasteiger partial charge in [0, 0.05) is 13.0 Å². The first-order valence-corrected chi connectivity index (χ1v) is 5.65. The van der Waals surface area contributed by atoms with Gasteiger partial charge in [-0.2, -0.15) is 0 Å². The van der Waals surface area contributed by atoms with Crippen LogP contribution >= 0.6 is 0 Å². The first-order chi connectivity index (χ1) is 8.66. The molecule has 0 aliphatic heterocycles. The Kier molecular flexibility index (Phi) is 3.53. The number of benzene rings is 2. The molecule has 0 bridgehead atoms. The summed E-state index contributed by atoms with van der Waals surface area (Å²) in [7, 11) is 0. The van der Waals surface area contributed by atoms with Gasteiger partial charge in [0.2, 0.25) is 5.70 Å². The molecule has 0 heterocycles. The van der Waals surface area contributed by atoms with Gasteiger partial charge < -0.3 is 0 Å². The number of nitrogens with zero attached hydrogens (tertiary/aromatic N) is 1. The van der Waals surface area contributed by atoms with Crippen LogP contribution in [0, 0.1) is 10.1 Å². The maximum Gasteiger partial charge on any atom is 0.243 e. The minimum absolute atomic E-state index is 0.139. The summed E-state index contributed by atoms with van der Waals surface area (Å²) in [4.78, 5) is 10.2. The van der Waals surface area contributed by atoms with Crippen LogP contribution in [-0.4, -0.2) is 4.92 Å². The topological polar surface area (TPSA) is 43.1 Å². The fourth-order valence-corrected chi connectivity index (χ4v) is 1.73. The highest BCUT2D eigenvalue weighted by Crippen LogP contribution is 2.21. The zero-order valence-electron chi connectivity index (χ0n) is 10.0. The molecule has 0 amide bonds. The van der Waals surface area contributed by atoms with Crippen molar-refractivity contribution < 1.29 is 4.92 Å². The second-order valence-corrected chi connectivity index (χ2v) is 4.03. The summed E-state index contributed by atoms with van der Waals surface area (Å²) in [5.74, 6) is 0. The Morgan fingerprint density at radius 1 is 1.06 bits per heavy atom. The average Bonchev–Trinajstić information content (AvgIpc) is 2.40. The van der Waals surface area contributed by atoms with Gasteiger partial charge in [-0.25, -0.2) is 0 Å². The monoisotopic (exact) mass is 239 g/mol. The van der Waals surface area contributed by atoms with Crippen molar-refractivity contribution in [2.45, 2.75) is 6.92 Å². The third-order valence-electron chi connectivity index (χ3n) is 2.66. The maximum atomic E-state index is 10.6. The van der Waals surface area contributed by atoms with Gasteiger partial charge in [0.25, 0.3) is 0 Å². The quantitative estimate of drug-likeness (QED) is 0.600. The Bertz CT molecular complexity index is 588. The van der Waals surface area contributed by atoms with Crippen molar-refractivity contribution >= 4 is 6.08 Å². The smallest absolute Gasteiger partial charge is 0.243 e. The largest absolute Gasteiger partial charge is 0.259 e. The lowest BCUT2D eigenvalue weighted by Gasteiger charge is -2.02. The van der Waals surface area contributed by atoms with Gasteiger partial charge in [0.05, 0.1) is 4.92 Å². The van der Waals surface area contributed by atoms with E-state index in [-0.39, 0.29) is 10.6 Å². The van der Waals surface area contributed by atoms with Crippen LogP contribution in [0.3, 0.4) is 0 Å². The molecule has 2 aromatic carbocycles. The normalized spacial score (nSPS) is 11.3. The van der Waals surface area contributed by atoms with Crippen LogP contribution in [0.2, 0.25) is 0 Å². The van der Waals surface area contributed by atoms with Crippen molar-refractivity contribution in [2.24, 2.45) is 0 Å². The molecule has 0 unspecified atom stereocenters. The summed E-state index contributed by atoms with van der Waals surface area (Å²) >= 11 is 0. The van der Waals surface area contributed by atoms with Crippen molar-refractivity contribution in [3.8, 4) is 11.1 Å². The van der Waals surface area contributed by atoms with Crippen LogP contribution in [0.4, 0.5) is 0 Å². The SMILES string of the molecule is CC(=Cc1cccc(-c2ccccc2)c1)[N+](=O)[O-]. The van der Waals surface area contributed by atoms with E-state index in [1.807, 2.05) is 54.6 Å². The predicted octanol–water partition coefficient (Wildman–Crippen LogP) is 3.99. The molecule has 0 aliphatic carbocycles. The lowest BCUT2D eigenvalue weighted by atomic mass is 10.0. The Hall–Kier alpha value is -2.42. The summed E-state index contributed by atoms with van der Waals surface area (Å²) in [5.41, 5.74) is 3.14. The summed E-state index contributed by atoms with van der Waals surface area (Å²) in [6.45, 7) is 1.50. The summed E-state index contributed by atoms with van der Waals surface area (Å²) in [6.07, 6.45) is 1.58. The van der Waals surface area contributed by atoms with Gasteiger partial charge in [-0.15, -0.1) is 0 Å². The molecule has 18 heavy (non-hydrogen) atoms. The van der Waals surface area contributed by atoms with Crippen LogP contribution in [0.5, 0.6) is 0 Å². The molecule has 0 N–H and O–H groups in total. The van der Waals surface area contributed by atoms with Crippen LogP contribution in [-0.2, 0) is 0 Å². The standard InChI is InChI=1S/C15H13NO2/c1-12(16(17)18)10-13-6-5-9-15(11-13)14-7-3-2-4-8-14/h2-11H,1H3. The highest BCUT2D eigenvalue weighted by Gasteiger charge is 2.03. The van der Waals surface area contributed by atoms with E-state index in [4.69, 9.17) is 0 Å². The van der Waals surface area contributed by atoms with Gasteiger partial charge >= 0.3 is 0 Å². The first kappa shape index (κ1) is 12.0. The Morgan fingerprint density at radius 2 is 1.72 bits per heavy atom. The van der Waals surface area contributed by atoms with Crippen LogP contribution in [0.15, 0.2) is 60.3 Å². The Labute approximate surface area is 106 Å². The summed E-state index contributed by atoms with van der Waals surface area (Å²) in [6, 6.07) is 17.6. The molecule has 0 aliphatic rings. The van der Waals surface area contributed by atoms with Crippen molar-refractivity contribution in [3.05, 3.63) is 76.0 Å². The van der Waals surface area contributed by atoms with Crippen LogP contribution in [0.25, 0.3) is 17.2 Å². The van der Waals surface area contributed by atoms with Crippen LogP contribution in [0.1, 0.15) is 12.5 Å². The van der Waals surface area contributed by atoms with E-state index >= 15 is 0 Å². The van der Waals surface area contributed by atoms with E-state index in [0.717, 1.165) is 16.7 Å². The Morgan fingerprint density at radius 3 is 2.39 bits per heavy atom. The molecule has 0 atom stereocenters. The highest BCUT2D eigenvalue weighted by atomic mass is 16.6. The molecule has 90 valence electrons. The highest BCUT2D eigenvalue weighted by molar-refractivity contribution is 5.67. The van der Waals surface area contributed by atoms with E-state index in [9.17, 15) is 10.1 Å². The van der Waals surface area contributed by atoms with E-state index in [0.29, 0.717) is 0 Å². The number of nitro groups is 1. The molecule has 2 rings (SSSR count). The van der Waals surface area contributed by atoms with Gasteiger partial charge in [0.1, 0.15) is 0 Å². The number of hydrogen-bond acceptors (Lipinski definition) is 2. The molecule has 0 fully saturated rings. The lowest BCUT2D eigenvalue weighted by molar-refractivity contribution is -0.422. The van der Waals surface area contributed by atoms with Crippen molar-refractivity contribution in [1.29, 1.82) is 0 Å². The predicted molar refractivity (Wildman–Crippen MR) is 72.5 cm³/mol. The molecular weight excluding hydrogens is 226 g/mol. The first-order valence-electron chi connectivity index (χ1n) is 5.65. The van der Waals surface area contributed by atoms with E-state index < -0.39 is 0 Å². The second-order valence-electron chi connectivity index (χ2n) is 4.03. The molecule has 0 saturated carbocycles.